The number of aryl methyl sites for hydroxylation is 1. The van der Waals surface area contributed by atoms with Gasteiger partial charge in [-0.25, -0.2) is 0 Å². The standard InChI is InChI=1S/C16H23ClN2O2.ClH/c1-12-9-14(17)4-5-15(12)21-11-16(20)19-8-6-13-3-2-7-18-10-13;/h4-5,9,13,18H,2-3,6-8,10-11H2,1H3,(H,19,20);1H. The second kappa shape index (κ2) is 9.93. The quantitative estimate of drug-likeness (QED) is 0.832. The summed E-state index contributed by atoms with van der Waals surface area (Å²) in [7, 11) is 0. The highest BCUT2D eigenvalue weighted by Crippen LogP contribution is 2.21. The van der Waals surface area contributed by atoms with Crippen LogP contribution in [0.3, 0.4) is 0 Å². The first-order chi connectivity index (χ1) is 10.1. The summed E-state index contributed by atoms with van der Waals surface area (Å²) in [5.74, 6) is 1.30. The predicted molar refractivity (Wildman–Crippen MR) is 92.2 cm³/mol. The van der Waals surface area contributed by atoms with Crippen molar-refractivity contribution in [1.29, 1.82) is 0 Å². The molecule has 124 valence electrons. The van der Waals surface area contributed by atoms with E-state index in [4.69, 9.17) is 16.3 Å². The van der Waals surface area contributed by atoms with Crippen LogP contribution in [0.4, 0.5) is 0 Å². The van der Waals surface area contributed by atoms with Crippen molar-refractivity contribution in [3.05, 3.63) is 28.8 Å². The molecule has 1 saturated heterocycles. The average Bonchev–Trinajstić information content (AvgIpc) is 2.47. The molecule has 6 heteroatoms. The first kappa shape index (κ1) is 19.1. The van der Waals surface area contributed by atoms with Gasteiger partial charge in [-0.3, -0.25) is 4.79 Å². The molecule has 1 fully saturated rings. The number of rotatable bonds is 6. The Morgan fingerprint density at radius 3 is 3.00 bits per heavy atom. The Kier molecular flexibility index (Phi) is 8.61. The third kappa shape index (κ3) is 6.42. The third-order valence-electron chi connectivity index (χ3n) is 3.77. The Morgan fingerprint density at radius 2 is 2.32 bits per heavy atom. The van der Waals surface area contributed by atoms with Crippen LogP contribution in [-0.2, 0) is 4.79 Å². The fourth-order valence-electron chi connectivity index (χ4n) is 2.56. The number of nitrogens with one attached hydrogen (secondary N) is 2. The van der Waals surface area contributed by atoms with Gasteiger partial charge in [0.15, 0.2) is 6.61 Å². The van der Waals surface area contributed by atoms with Gasteiger partial charge in [-0.05, 0) is 69.0 Å². The van der Waals surface area contributed by atoms with Crippen molar-refractivity contribution < 1.29 is 9.53 Å². The molecule has 0 aromatic heterocycles. The molecule has 1 aliphatic rings. The van der Waals surface area contributed by atoms with Crippen molar-refractivity contribution in [2.24, 2.45) is 5.92 Å². The SMILES string of the molecule is Cc1cc(Cl)ccc1OCC(=O)NCCC1CCCNC1.Cl. The van der Waals surface area contributed by atoms with Crippen LogP contribution in [0.2, 0.25) is 5.02 Å². The molecule has 2 rings (SSSR count). The Hall–Kier alpha value is -0.970. The highest BCUT2D eigenvalue weighted by molar-refractivity contribution is 6.30. The van der Waals surface area contributed by atoms with E-state index in [0.717, 1.165) is 25.1 Å². The maximum absolute atomic E-state index is 11.8. The molecule has 0 bridgehead atoms. The molecular weight excluding hydrogens is 323 g/mol. The topological polar surface area (TPSA) is 50.4 Å². The molecular formula is C16H24Cl2N2O2. The van der Waals surface area contributed by atoms with Gasteiger partial charge >= 0.3 is 0 Å². The van der Waals surface area contributed by atoms with E-state index in [-0.39, 0.29) is 24.9 Å². The molecule has 2 N–H and O–H groups in total. The molecule has 1 aliphatic heterocycles. The molecule has 1 unspecified atom stereocenters. The fourth-order valence-corrected chi connectivity index (χ4v) is 2.78. The van der Waals surface area contributed by atoms with Gasteiger partial charge in [-0.2, -0.15) is 0 Å². The molecule has 0 spiro atoms. The highest BCUT2D eigenvalue weighted by atomic mass is 35.5. The largest absolute Gasteiger partial charge is 0.484 e. The maximum atomic E-state index is 11.8. The molecule has 1 amide bonds. The number of amides is 1. The zero-order valence-corrected chi connectivity index (χ0v) is 14.4. The van der Waals surface area contributed by atoms with E-state index in [0.29, 0.717) is 23.2 Å². The van der Waals surface area contributed by atoms with Crippen molar-refractivity contribution >= 4 is 29.9 Å². The zero-order valence-electron chi connectivity index (χ0n) is 12.9. The molecule has 22 heavy (non-hydrogen) atoms. The smallest absolute Gasteiger partial charge is 0.257 e. The van der Waals surface area contributed by atoms with Gasteiger partial charge in [-0.1, -0.05) is 11.6 Å². The zero-order chi connectivity index (χ0) is 15.1. The van der Waals surface area contributed by atoms with Gasteiger partial charge in [0.25, 0.3) is 5.91 Å². The molecule has 1 aromatic rings. The maximum Gasteiger partial charge on any atom is 0.257 e. The van der Waals surface area contributed by atoms with Crippen LogP contribution in [0.1, 0.15) is 24.8 Å². The summed E-state index contributed by atoms with van der Waals surface area (Å²) >= 11 is 5.88. The number of carbonyl (C=O) groups excluding carboxylic acids is 1. The lowest BCUT2D eigenvalue weighted by molar-refractivity contribution is -0.123. The molecule has 0 radical (unpaired) electrons. The van der Waals surface area contributed by atoms with E-state index in [9.17, 15) is 4.79 Å². The molecule has 0 saturated carbocycles. The van der Waals surface area contributed by atoms with Crippen LogP contribution < -0.4 is 15.4 Å². The van der Waals surface area contributed by atoms with Crippen LogP contribution in [0.15, 0.2) is 18.2 Å². The molecule has 1 atom stereocenters. The second-order valence-corrected chi connectivity index (χ2v) is 5.99. The number of carbonyl (C=O) groups is 1. The van der Waals surface area contributed by atoms with E-state index in [1.54, 1.807) is 12.1 Å². The number of hydrogen-bond donors (Lipinski definition) is 2. The van der Waals surface area contributed by atoms with E-state index in [1.807, 2.05) is 13.0 Å². The molecule has 0 aliphatic carbocycles. The average molecular weight is 347 g/mol. The van der Waals surface area contributed by atoms with Gasteiger partial charge in [0.05, 0.1) is 0 Å². The summed E-state index contributed by atoms with van der Waals surface area (Å²) in [6.07, 6.45) is 3.51. The minimum absolute atomic E-state index is 0. The number of ether oxygens (including phenoxy) is 1. The second-order valence-electron chi connectivity index (χ2n) is 5.55. The number of piperidine rings is 1. The first-order valence-corrected chi connectivity index (χ1v) is 7.89. The Morgan fingerprint density at radius 1 is 1.50 bits per heavy atom. The third-order valence-corrected chi connectivity index (χ3v) is 4.00. The van der Waals surface area contributed by atoms with E-state index in [1.165, 1.54) is 12.8 Å². The number of benzene rings is 1. The Labute approximate surface area is 143 Å². The summed E-state index contributed by atoms with van der Waals surface area (Å²) in [5, 5.41) is 6.97. The minimum atomic E-state index is -0.0758. The predicted octanol–water partition coefficient (Wildman–Crippen LogP) is 2.95. The molecule has 4 nitrogen and oxygen atoms in total. The van der Waals surface area contributed by atoms with Gasteiger partial charge in [0.2, 0.25) is 0 Å². The summed E-state index contributed by atoms with van der Waals surface area (Å²) in [6, 6.07) is 5.38. The summed E-state index contributed by atoms with van der Waals surface area (Å²) in [4.78, 5) is 11.8. The van der Waals surface area contributed by atoms with Gasteiger partial charge in [-0.15, -0.1) is 12.4 Å². The van der Waals surface area contributed by atoms with Gasteiger partial charge in [0.1, 0.15) is 5.75 Å². The highest BCUT2D eigenvalue weighted by Gasteiger charge is 2.13. The van der Waals surface area contributed by atoms with Crippen LogP contribution >= 0.6 is 24.0 Å². The first-order valence-electron chi connectivity index (χ1n) is 7.51. The number of hydrogen-bond acceptors (Lipinski definition) is 3. The molecule has 1 heterocycles. The van der Waals surface area contributed by atoms with Crippen molar-refractivity contribution in [3.8, 4) is 5.75 Å². The van der Waals surface area contributed by atoms with Crippen LogP contribution in [0, 0.1) is 12.8 Å². The lowest BCUT2D eigenvalue weighted by Gasteiger charge is -2.22. The van der Waals surface area contributed by atoms with Gasteiger partial charge in [0, 0.05) is 11.6 Å². The minimum Gasteiger partial charge on any atom is -0.484 e. The van der Waals surface area contributed by atoms with Crippen molar-refractivity contribution in [2.45, 2.75) is 26.2 Å². The Balaban J connectivity index is 0.00000242. The summed E-state index contributed by atoms with van der Waals surface area (Å²) in [6.45, 7) is 4.86. The number of halogens is 2. The lowest BCUT2D eigenvalue weighted by atomic mass is 9.96. The van der Waals surface area contributed by atoms with Crippen LogP contribution in [-0.4, -0.2) is 32.1 Å². The van der Waals surface area contributed by atoms with Crippen molar-refractivity contribution in [3.63, 3.8) is 0 Å². The fraction of sp³-hybridized carbons (Fsp3) is 0.562. The molecule has 1 aromatic carbocycles. The normalized spacial score (nSPS) is 17.5. The van der Waals surface area contributed by atoms with E-state index < -0.39 is 0 Å². The van der Waals surface area contributed by atoms with Crippen LogP contribution in [0.25, 0.3) is 0 Å². The summed E-state index contributed by atoms with van der Waals surface area (Å²) in [5.41, 5.74) is 0.934. The monoisotopic (exact) mass is 346 g/mol. The summed E-state index contributed by atoms with van der Waals surface area (Å²) < 4.78 is 5.51. The van der Waals surface area contributed by atoms with Crippen molar-refractivity contribution in [2.75, 3.05) is 26.2 Å². The van der Waals surface area contributed by atoms with Crippen LogP contribution in [0.5, 0.6) is 5.75 Å². The lowest BCUT2D eigenvalue weighted by Crippen LogP contribution is -2.34. The Bertz CT molecular complexity index is 477. The van der Waals surface area contributed by atoms with Crippen molar-refractivity contribution in [1.82, 2.24) is 10.6 Å². The van der Waals surface area contributed by atoms with Gasteiger partial charge < -0.3 is 15.4 Å². The van der Waals surface area contributed by atoms with E-state index >= 15 is 0 Å². The van der Waals surface area contributed by atoms with E-state index in [2.05, 4.69) is 10.6 Å².